The van der Waals surface area contributed by atoms with Crippen LogP contribution in [-0.4, -0.2) is 72.1 Å². The average Bonchev–Trinajstić information content (AvgIpc) is 3.60. The van der Waals surface area contributed by atoms with Gasteiger partial charge < -0.3 is 31.3 Å². The van der Waals surface area contributed by atoms with Crippen LogP contribution in [0.15, 0.2) is 54.6 Å². The van der Waals surface area contributed by atoms with E-state index in [-0.39, 0.29) is 31.2 Å². The molecule has 0 spiro atoms. The Kier molecular flexibility index (Phi) is 10.7. The number of benzene rings is 2. The molecule has 5 N–H and O–H groups in total. The van der Waals surface area contributed by atoms with Crippen LogP contribution in [0, 0.1) is 5.92 Å². The first kappa shape index (κ1) is 32.6. The Morgan fingerprint density at radius 2 is 1.57 bits per heavy atom. The number of nitrogens with one attached hydrogen (secondary N) is 5. The molecule has 0 bridgehead atoms. The normalized spacial score (nSPS) is 20.2. The van der Waals surface area contributed by atoms with Crippen LogP contribution in [0.1, 0.15) is 56.6 Å². The predicted octanol–water partition coefficient (Wildman–Crippen LogP) is 0.861. The van der Waals surface area contributed by atoms with Crippen LogP contribution in [0.2, 0.25) is 0 Å². The SMILES string of the molecule is CCC[C@H](NC(=O)[C@@H](Cc1ccccc1)NC(=O)C1Cc2ccccc2O1)C(=O)N[C@@H](C[C@@H]1CCNC1=O)C(=O)C(=O)NC1CC1. The van der Waals surface area contributed by atoms with Crippen LogP contribution in [0.4, 0.5) is 0 Å². The van der Waals surface area contributed by atoms with Crippen LogP contribution in [0.5, 0.6) is 5.75 Å². The molecule has 5 rings (SSSR count). The lowest BCUT2D eigenvalue weighted by atomic mass is 9.95. The van der Waals surface area contributed by atoms with E-state index in [1.54, 1.807) is 6.07 Å². The molecule has 244 valence electrons. The summed E-state index contributed by atoms with van der Waals surface area (Å²) in [7, 11) is 0. The molecule has 2 fully saturated rings. The second-order valence-electron chi connectivity index (χ2n) is 12.2. The van der Waals surface area contributed by atoms with E-state index in [9.17, 15) is 28.8 Å². The van der Waals surface area contributed by atoms with Gasteiger partial charge in [0.2, 0.25) is 23.5 Å². The number of amides is 5. The molecule has 12 nitrogen and oxygen atoms in total. The highest BCUT2D eigenvalue weighted by Crippen LogP contribution is 2.28. The fraction of sp³-hybridized carbons (Fsp3) is 0.471. The zero-order valence-corrected chi connectivity index (χ0v) is 25.9. The molecule has 2 aliphatic heterocycles. The summed E-state index contributed by atoms with van der Waals surface area (Å²) >= 11 is 0. The van der Waals surface area contributed by atoms with Crippen LogP contribution < -0.4 is 31.3 Å². The number of para-hydroxylation sites is 1. The summed E-state index contributed by atoms with van der Waals surface area (Å²) in [6, 6.07) is 13.2. The van der Waals surface area contributed by atoms with Gasteiger partial charge in [0.1, 0.15) is 17.8 Å². The number of carbonyl (C=O) groups is 6. The molecule has 12 heteroatoms. The summed E-state index contributed by atoms with van der Waals surface area (Å²) in [5.74, 6) is -3.45. The molecule has 46 heavy (non-hydrogen) atoms. The van der Waals surface area contributed by atoms with Crippen molar-refractivity contribution in [2.45, 2.75) is 88.6 Å². The highest BCUT2D eigenvalue weighted by atomic mass is 16.5. The van der Waals surface area contributed by atoms with Gasteiger partial charge >= 0.3 is 0 Å². The van der Waals surface area contributed by atoms with Crippen molar-refractivity contribution in [3.8, 4) is 5.75 Å². The number of ether oxygens (including phenoxy) is 1. The van der Waals surface area contributed by atoms with Crippen LogP contribution in [0.25, 0.3) is 0 Å². The van der Waals surface area contributed by atoms with E-state index < -0.39 is 59.6 Å². The van der Waals surface area contributed by atoms with E-state index >= 15 is 0 Å². The summed E-state index contributed by atoms with van der Waals surface area (Å²) in [6.45, 7) is 2.30. The van der Waals surface area contributed by atoms with E-state index in [1.165, 1.54) is 0 Å². The molecule has 1 saturated heterocycles. The van der Waals surface area contributed by atoms with Gasteiger partial charge in [0.15, 0.2) is 6.10 Å². The van der Waals surface area contributed by atoms with Gasteiger partial charge in [0.05, 0.1) is 6.04 Å². The highest BCUT2D eigenvalue weighted by Gasteiger charge is 2.38. The number of ketones is 1. The quantitative estimate of drug-likeness (QED) is 0.182. The van der Waals surface area contributed by atoms with Crippen molar-refractivity contribution in [1.29, 1.82) is 0 Å². The predicted molar refractivity (Wildman–Crippen MR) is 167 cm³/mol. The van der Waals surface area contributed by atoms with Crippen LogP contribution >= 0.6 is 0 Å². The standard InChI is InChI=1S/C34H41N5O7/c1-2-8-24(31(42)38-25(18-22-15-16-35-30(22)41)29(40)34(45)36-23-13-14-23)37-32(43)26(17-20-9-4-3-5-10-20)39-33(44)28-19-21-11-6-7-12-27(21)46-28/h3-7,9-12,22-26,28H,2,8,13-19H2,1H3,(H,35,41)(H,36,45)(H,37,43)(H,38,42)(H,39,44)/t22-,24-,25-,26+,28?/m0/s1. The molecule has 1 aliphatic carbocycles. The first-order chi connectivity index (χ1) is 22.2. The Hall–Kier alpha value is -4.74. The van der Waals surface area contributed by atoms with E-state index in [4.69, 9.17) is 4.74 Å². The van der Waals surface area contributed by atoms with Crippen molar-refractivity contribution in [3.05, 3.63) is 65.7 Å². The molecule has 3 aliphatic rings. The number of carbonyl (C=O) groups excluding carboxylic acids is 6. The van der Waals surface area contributed by atoms with Gasteiger partial charge in [-0.05, 0) is 49.3 Å². The molecule has 0 radical (unpaired) electrons. The fourth-order valence-corrected chi connectivity index (χ4v) is 5.78. The average molecular weight is 632 g/mol. The first-order valence-corrected chi connectivity index (χ1v) is 16.0. The summed E-state index contributed by atoms with van der Waals surface area (Å²) < 4.78 is 5.83. The number of hydrogen-bond acceptors (Lipinski definition) is 7. The largest absolute Gasteiger partial charge is 0.480 e. The second kappa shape index (κ2) is 15.0. The van der Waals surface area contributed by atoms with Crippen molar-refractivity contribution >= 4 is 35.3 Å². The first-order valence-electron chi connectivity index (χ1n) is 16.0. The van der Waals surface area contributed by atoms with Gasteiger partial charge in [-0.25, -0.2) is 0 Å². The molecule has 0 aromatic heterocycles. The summed E-state index contributed by atoms with van der Waals surface area (Å²) in [5.41, 5.74) is 1.70. The number of rotatable bonds is 15. The number of hydrogen-bond donors (Lipinski definition) is 5. The minimum absolute atomic E-state index is 0.0300. The van der Waals surface area contributed by atoms with Gasteiger partial charge in [0.25, 0.3) is 11.8 Å². The van der Waals surface area contributed by atoms with Gasteiger partial charge in [0, 0.05) is 31.3 Å². The molecular formula is C34H41N5O7. The molecule has 2 aromatic carbocycles. The fourth-order valence-electron chi connectivity index (χ4n) is 5.78. The Balaban J connectivity index is 1.28. The Morgan fingerprint density at radius 1 is 0.870 bits per heavy atom. The lowest BCUT2D eigenvalue weighted by Gasteiger charge is -2.26. The third-order valence-corrected chi connectivity index (χ3v) is 8.52. The van der Waals surface area contributed by atoms with Gasteiger partial charge in [-0.15, -0.1) is 0 Å². The van der Waals surface area contributed by atoms with E-state index in [1.807, 2.05) is 55.5 Å². The maximum absolute atomic E-state index is 13.8. The summed E-state index contributed by atoms with van der Waals surface area (Å²) in [4.78, 5) is 78.8. The Bertz CT molecular complexity index is 1440. The van der Waals surface area contributed by atoms with Crippen molar-refractivity contribution in [2.24, 2.45) is 5.92 Å². The van der Waals surface area contributed by atoms with Crippen molar-refractivity contribution in [3.63, 3.8) is 0 Å². The third kappa shape index (κ3) is 8.49. The van der Waals surface area contributed by atoms with E-state index in [2.05, 4.69) is 26.6 Å². The maximum atomic E-state index is 13.8. The van der Waals surface area contributed by atoms with Crippen LogP contribution in [-0.2, 0) is 41.6 Å². The molecule has 2 heterocycles. The zero-order chi connectivity index (χ0) is 32.6. The molecule has 1 saturated carbocycles. The minimum Gasteiger partial charge on any atom is -0.480 e. The van der Waals surface area contributed by atoms with Crippen molar-refractivity contribution in [1.82, 2.24) is 26.6 Å². The maximum Gasteiger partial charge on any atom is 0.289 e. The summed E-state index contributed by atoms with van der Waals surface area (Å²) in [5, 5.41) is 13.6. The van der Waals surface area contributed by atoms with Crippen LogP contribution in [0.3, 0.4) is 0 Å². The summed E-state index contributed by atoms with van der Waals surface area (Å²) in [6.07, 6.45) is 2.51. The topological polar surface area (TPSA) is 172 Å². The Morgan fingerprint density at radius 3 is 2.24 bits per heavy atom. The molecule has 1 unspecified atom stereocenters. The second-order valence-corrected chi connectivity index (χ2v) is 12.2. The highest BCUT2D eigenvalue weighted by molar-refractivity contribution is 6.38. The van der Waals surface area contributed by atoms with Crippen molar-refractivity contribution < 1.29 is 33.5 Å². The lowest BCUT2D eigenvalue weighted by Crippen LogP contribution is -2.58. The molecule has 2 aromatic rings. The van der Waals surface area contributed by atoms with Gasteiger partial charge in [-0.3, -0.25) is 28.8 Å². The molecule has 5 atom stereocenters. The third-order valence-electron chi connectivity index (χ3n) is 8.52. The lowest BCUT2D eigenvalue weighted by molar-refractivity contribution is -0.141. The number of fused-ring (bicyclic) bond motifs is 1. The molecular weight excluding hydrogens is 590 g/mol. The molecule has 5 amide bonds. The van der Waals surface area contributed by atoms with Gasteiger partial charge in [-0.2, -0.15) is 0 Å². The van der Waals surface area contributed by atoms with Crippen molar-refractivity contribution in [2.75, 3.05) is 6.54 Å². The zero-order valence-electron chi connectivity index (χ0n) is 25.9. The number of Topliss-reactive ketones (excluding diaryl/α,β-unsaturated/α-hetero) is 1. The monoisotopic (exact) mass is 631 g/mol. The minimum atomic E-state index is -1.24. The van der Waals surface area contributed by atoms with E-state index in [0.29, 0.717) is 31.6 Å². The van der Waals surface area contributed by atoms with E-state index in [0.717, 1.165) is 24.0 Å². The smallest absolute Gasteiger partial charge is 0.289 e. The van der Waals surface area contributed by atoms with Gasteiger partial charge in [-0.1, -0.05) is 61.9 Å². The Labute approximate surface area is 267 Å².